The van der Waals surface area contributed by atoms with Crippen LogP contribution in [0.15, 0.2) is 43.0 Å². The van der Waals surface area contributed by atoms with Crippen LogP contribution in [-0.4, -0.2) is 22.6 Å². The third-order valence-electron chi connectivity index (χ3n) is 3.30. The minimum Gasteiger partial charge on any atom is -0.316 e. The SMILES string of the molecule is CCCCCNCCc1ccccc1-n1ccnc1. The summed E-state index contributed by atoms with van der Waals surface area (Å²) in [6.45, 7) is 4.40. The zero-order chi connectivity index (χ0) is 13.3. The Bertz CT molecular complexity index is 463. The fraction of sp³-hybridized carbons (Fsp3) is 0.438. The molecule has 0 aliphatic rings. The van der Waals surface area contributed by atoms with E-state index in [4.69, 9.17) is 0 Å². The molecule has 102 valence electrons. The van der Waals surface area contributed by atoms with Gasteiger partial charge in [-0.25, -0.2) is 4.98 Å². The molecule has 0 atom stereocenters. The highest BCUT2D eigenvalue weighted by Crippen LogP contribution is 2.14. The van der Waals surface area contributed by atoms with Gasteiger partial charge in [-0.1, -0.05) is 38.0 Å². The van der Waals surface area contributed by atoms with Crippen molar-refractivity contribution in [1.82, 2.24) is 14.9 Å². The van der Waals surface area contributed by atoms with Gasteiger partial charge in [0.2, 0.25) is 0 Å². The summed E-state index contributed by atoms with van der Waals surface area (Å²) in [5.74, 6) is 0. The first-order valence-corrected chi connectivity index (χ1v) is 7.18. The molecular formula is C16H23N3. The van der Waals surface area contributed by atoms with E-state index in [-0.39, 0.29) is 0 Å². The predicted molar refractivity (Wildman–Crippen MR) is 79.7 cm³/mol. The van der Waals surface area contributed by atoms with Crippen molar-refractivity contribution in [3.05, 3.63) is 48.5 Å². The maximum atomic E-state index is 4.12. The minimum absolute atomic E-state index is 1.04. The Morgan fingerprint density at radius 3 is 2.84 bits per heavy atom. The Morgan fingerprint density at radius 2 is 2.05 bits per heavy atom. The van der Waals surface area contributed by atoms with Gasteiger partial charge in [-0.3, -0.25) is 0 Å². The van der Waals surface area contributed by atoms with Crippen molar-refractivity contribution >= 4 is 0 Å². The molecule has 2 aromatic rings. The summed E-state index contributed by atoms with van der Waals surface area (Å²) in [6, 6.07) is 8.53. The Kier molecular flexibility index (Phi) is 5.63. The van der Waals surface area contributed by atoms with Gasteiger partial charge in [0, 0.05) is 18.1 Å². The molecule has 1 aromatic carbocycles. The molecule has 3 nitrogen and oxygen atoms in total. The number of nitrogens with zero attached hydrogens (tertiary/aromatic N) is 2. The fourth-order valence-electron chi connectivity index (χ4n) is 2.22. The molecule has 0 amide bonds. The van der Waals surface area contributed by atoms with Crippen molar-refractivity contribution in [2.45, 2.75) is 32.6 Å². The van der Waals surface area contributed by atoms with Gasteiger partial charge in [0.1, 0.15) is 0 Å². The van der Waals surface area contributed by atoms with Crippen molar-refractivity contribution in [1.29, 1.82) is 0 Å². The molecule has 0 aliphatic carbocycles. The van der Waals surface area contributed by atoms with Gasteiger partial charge >= 0.3 is 0 Å². The molecule has 0 fully saturated rings. The Morgan fingerprint density at radius 1 is 1.16 bits per heavy atom. The first-order valence-electron chi connectivity index (χ1n) is 7.18. The largest absolute Gasteiger partial charge is 0.316 e. The van der Waals surface area contributed by atoms with Crippen LogP contribution in [0, 0.1) is 0 Å². The third kappa shape index (κ3) is 4.21. The molecule has 1 heterocycles. The van der Waals surface area contributed by atoms with Gasteiger partial charge in [-0.15, -0.1) is 0 Å². The van der Waals surface area contributed by atoms with Gasteiger partial charge in [0.15, 0.2) is 0 Å². The van der Waals surface area contributed by atoms with E-state index < -0.39 is 0 Å². The number of aromatic nitrogens is 2. The topological polar surface area (TPSA) is 29.9 Å². The molecule has 0 bridgehead atoms. The highest BCUT2D eigenvalue weighted by Gasteiger charge is 2.02. The van der Waals surface area contributed by atoms with E-state index >= 15 is 0 Å². The van der Waals surface area contributed by atoms with E-state index in [1.807, 2.05) is 18.7 Å². The number of imidazole rings is 1. The van der Waals surface area contributed by atoms with Crippen molar-refractivity contribution in [3.63, 3.8) is 0 Å². The summed E-state index contributed by atoms with van der Waals surface area (Å²) in [7, 11) is 0. The molecule has 3 heteroatoms. The fourth-order valence-corrected chi connectivity index (χ4v) is 2.22. The van der Waals surface area contributed by atoms with Crippen LogP contribution in [0.3, 0.4) is 0 Å². The summed E-state index contributed by atoms with van der Waals surface area (Å²) in [4.78, 5) is 4.12. The van der Waals surface area contributed by atoms with E-state index in [2.05, 4.69) is 46.1 Å². The summed E-state index contributed by atoms with van der Waals surface area (Å²) < 4.78 is 2.08. The molecule has 0 spiro atoms. The van der Waals surface area contributed by atoms with Crippen molar-refractivity contribution in [2.75, 3.05) is 13.1 Å². The smallest absolute Gasteiger partial charge is 0.0991 e. The number of hydrogen-bond donors (Lipinski definition) is 1. The third-order valence-corrected chi connectivity index (χ3v) is 3.30. The Labute approximate surface area is 115 Å². The van der Waals surface area contributed by atoms with Crippen LogP contribution in [0.1, 0.15) is 31.7 Å². The zero-order valence-corrected chi connectivity index (χ0v) is 11.7. The van der Waals surface area contributed by atoms with Gasteiger partial charge in [0.05, 0.1) is 6.33 Å². The first kappa shape index (κ1) is 13.8. The van der Waals surface area contributed by atoms with Crippen LogP contribution in [0.4, 0.5) is 0 Å². The maximum absolute atomic E-state index is 4.12. The van der Waals surface area contributed by atoms with Gasteiger partial charge in [-0.05, 0) is 37.6 Å². The van der Waals surface area contributed by atoms with Crippen LogP contribution in [0.5, 0.6) is 0 Å². The van der Waals surface area contributed by atoms with Gasteiger partial charge < -0.3 is 9.88 Å². The lowest BCUT2D eigenvalue weighted by molar-refractivity contribution is 0.616. The Hall–Kier alpha value is -1.61. The highest BCUT2D eigenvalue weighted by molar-refractivity contribution is 5.41. The predicted octanol–water partition coefficient (Wildman–Crippen LogP) is 3.19. The molecule has 0 aliphatic heterocycles. The molecule has 0 saturated carbocycles. The quantitative estimate of drug-likeness (QED) is 0.736. The summed E-state index contributed by atoms with van der Waals surface area (Å²) in [5.41, 5.74) is 2.60. The van der Waals surface area contributed by atoms with Gasteiger partial charge in [-0.2, -0.15) is 0 Å². The molecule has 0 radical (unpaired) electrons. The number of benzene rings is 1. The lowest BCUT2D eigenvalue weighted by atomic mass is 10.1. The van der Waals surface area contributed by atoms with Gasteiger partial charge in [0.25, 0.3) is 0 Å². The second-order valence-electron chi connectivity index (χ2n) is 4.81. The average molecular weight is 257 g/mol. The van der Waals surface area contributed by atoms with Crippen LogP contribution in [-0.2, 0) is 6.42 Å². The standard InChI is InChI=1S/C16H23N3/c1-2-3-6-10-17-11-9-15-7-4-5-8-16(15)19-13-12-18-14-19/h4-5,7-8,12-14,17H,2-3,6,9-11H2,1H3. The van der Waals surface area contributed by atoms with E-state index in [1.54, 1.807) is 0 Å². The van der Waals surface area contributed by atoms with E-state index in [0.29, 0.717) is 0 Å². The van der Waals surface area contributed by atoms with Crippen molar-refractivity contribution < 1.29 is 0 Å². The molecule has 0 saturated heterocycles. The lowest BCUT2D eigenvalue weighted by Crippen LogP contribution is -2.19. The van der Waals surface area contributed by atoms with Crippen LogP contribution >= 0.6 is 0 Å². The Balaban J connectivity index is 1.87. The van der Waals surface area contributed by atoms with Crippen LogP contribution < -0.4 is 5.32 Å². The summed E-state index contributed by atoms with van der Waals surface area (Å²) in [6.07, 6.45) is 10.6. The number of nitrogens with one attached hydrogen (secondary N) is 1. The second kappa shape index (κ2) is 7.74. The van der Waals surface area contributed by atoms with E-state index in [1.165, 1.54) is 30.5 Å². The zero-order valence-electron chi connectivity index (χ0n) is 11.7. The van der Waals surface area contributed by atoms with Crippen molar-refractivity contribution in [3.8, 4) is 5.69 Å². The number of para-hydroxylation sites is 1. The maximum Gasteiger partial charge on any atom is 0.0991 e. The molecule has 1 aromatic heterocycles. The molecule has 2 rings (SSSR count). The molecule has 0 unspecified atom stereocenters. The second-order valence-corrected chi connectivity index (χ2v) is 4.81. The number of unbranched alkanes of at least 4 members (excludes halogenated alkanes) is 2. The highest BCUT2D eigenvalue weighted by atomic mass is 15.0. The van der Waals surface area contributed by atoms with E-state index in [0.717, 1.165) is 19.5 Å². The molecule has 1 N–H and O–H groups in total. The summed E-state index contributed by atoms with van der Waals surface area (Å²) >= 11 is 0. The summed E-state index contributed by atoms with van der Waals surface area (Å²) in [5, 5.41) is 3.52. The molecular weight excluding hydrogens is 234 g/mol. The van der Waals surface area contributed by atoms with Crippen molar-refractivity contribution in [2.24, 2.45) is 0 Å². The minimum atomic E-state index is 1.04. The van der Waals surface area contributed by atoms with E-state index in [9.17, 15) is 0 Å². The molecule has 19 heavy (non-hydrogen) atoms. The lowest BCUT2D eigenvalue weighted by Gasteiger charge is -2.10. The average Bonchev–Trinajstić information content (AvgIpc) is 2.97. The first-order chi connectivity index (χ1) is 9.42. The number of rotatable bonds is 8. The van der Waals surface area contributed by atoms with Crippen LogP contribution in [0.25, 0.3) is 5.69 Å². The van der Waals surface area contributed by atoms with Crippen LogP contribution in [0.2, 0.25) is 0 Å². The monoisotopic (exact) mass is 257 g/mol. The normalized spacial score (nSPS) is 10.8. The number of hydrogen-bond acceptors (Lipinski definition) is 2.